The first-order valence-electron chi connectivity index (χ1n) is 7.45. The van der Waals surface area contributed by atoms with Gasteiger partial charge in [0.25, 0.3) is 5.91 Å². The smallest absolute Gasteiger partial charge is 0.279 e. The van der Waals surface area contributed by atoms with Crippen molar-refractivity contribution in [2.24, 2.45) is 4.99 Å². The molecular weight excluding hydrogens is 311 g/mol. The maximum Gasteiger partial charge on any atom is 0.279 e. The summed E-state index contributed by atoms with van der Waals surface area (Å²) in [6.45, 7) is 6.86. The fraction of sp³-hybridized carbons (Fsp3) is 0.222. The molecule has 0 saturated carbocycles. The van der Waals surface area contributed by atoms with Gasteiger partial charge in [0.15, 0.2) is 4.80 Å². The average molecular weight is 328 g/mol. The molecule has 0 fully saturated rings. The van der Waals surface area contributed by atoms with E-state index in [2.05, 4.69) is 31.0 Å². The molecule has 1 aromatic heterocycles. The highest BCUT2D eigenvalue weighted by Gasteiger charge is 2.12. The van der Waals surface area contributed by atoms with Gasteiger partial charge in [-0.25, -0.2) is 4.39 Å². The Hall–Kier alpha value is -2.27. The fourth-order valence-electron chi connectivity index (χ4n) is 2.63. The van der Waals surface area contributed by atoms with Crippen LogP contribution in [0.2, 0.25) is 0 Å². The SMILES string of the molecule is CCn1c(=NC(=O)c2cccc(F)c2)sc2c(C)ccc(C)c21. The van der Waals surface area contributed by atoms with Crippen molar-refractivity contribution in [2.75, 3.05) is 0 Å². The first-order valence-corrected chi connectivity index (χ1v) is 8.27. The number of thiazole rings is 1. The van der Waals surface area contributed by atoms with Crippen LogP contribution in [0.25, 0.3) is 10.2 Å². The second kappa shape index (κ2) is 6.08. The van der Waals surface area contributed by atoms with Crippen molar-refractivity contribution < 1.29 is 9.18 Å². The van der Waals surface area contributed by atoms with Gasteiger partial charge < -0.3 is 4.57 Å². The maximum absolute atomic E-state index is 13.3. The highest BCUT2D eigenvalue weighted by molar-refractivity contribution is 7.16. The molecule has 118 valence electrons. The van der Waals surface area contributed by atoms with Crippen LogP contribution in [0.5, 0.6) is 0 Å². The number of carbonyl (C=O) groups is 1. The zero-order valence-electron chi connectivity index (χ0n) is 13.3. The molecule has 3 rings (SSSR count). The van der Waals surface area contributed by atoms with Crippen LogP contribution in [0.15, 0.2) is 41.4 Å². The minimum atomic E-state index is -0.433. The summed E-state index contributed by atoms with van der Waals surface area (Å²) in [7, 11) is 0. The molecule has 0 aliphatic rings. The van der Waals surface area contributed by atoms with Gasteiger partial charge in [0.1, 0.15) is 5.82 Å². The highest BCUT2D eigenvalue weighted by Crippen LogP contribution is 2.24. The van der Waals surface area contributed by atoms with E-state index in [1.165, 1.54) is 29.5 Å². The molecule has 0 atom stereocenters. The van der Waals surface area contributed by atoms with Crippen LogP contribution < -0.4 is 4.80 Å². The number of amides is 1. The first kappa shape index (κ1) is 15.6. The summed E-state index contributed by atoms with van der Waals surface area (Å²) < 4.78 is 16.5. The van der Waals surface area contributed by atoms with Crippen molar-refractivity contribution in [3.8, 4) is 0 Å². The van der Waals surface area contributed by atoms with E-state index in [4.69, 9.17) is 0 Å². The minimum absolute atomic E-state index is 0.263. The summed E-state index contributed by atoms with van der Waals surface area (Å²) in [6, 6.07) is 9.78. The number of aromatic nitrogens is 1. The number of hydrogen-bond acceptors (Lipinski definition) is 2. The third-order valence-corrected chi connectivity index (χ3v) is 5.02. The lowest BCUT2D eigenvalue weighted by atomic mass is 10.1. The number of carbonyl (C=O) groups excluding carboxylic acids is 1. The Bertz CT molecular complexity index is 969. The number of rotatable bonds is 2. The molecule has 1 amide bonds. The number of nitrogens with zero attached hydrogens (tertiary/aromatic N) is 2. The quantitative estimate of drug-likeness (QED) is 0.693. The lowest BCUT2D eigenvalue weighted by Gasteiger charge is -2.04. The fourth-order valence-corrected chi connectivity index (χ4v) is 3.86. The van der Waals surface area contributed by atoms with Crippen molar-refractivity contribution >= 4 is 27.5 Å². The Morgan fingerprint density at radius 3 is 2.65 bits per heavy atom. The minimum Gasteiger partial charge on any atom is -0.316 e. The van der Waals surface area contributed by atoms with E-state index in [9.17, 15) is 9.18 Å². The number of fused-ring (bicyclic) bond motifs is 1. The van der Waals surface area contributed by atoms with Crippen LogP contribution in [0, 0.1) is 19.7 Å². The second-order valence-corrected chi connectivity index (χ2v) is 6.41. The van der Waals surface area contributed by atoms with Crippen molar-refractivity contribution in [1.82, 2.24) is 4.57 Å². The summed E-state index contributed by atoms with van der Waals surface area (Å²) in [5.41, 5.74) is 3.70. The Morgan fingerprint density at radius 1 is 1.22 bits per heavy atom. The van der Waals surface area contributed by atoms with Gasteiger partial charge in [0.05, 0.1) is 10.2 Å². The second-order valence-electron chi connectivity index (χ2n) is 5.43. The maximum atomic E-state index is 13.3. The molecule has 0 unspecified atom stereocenters. The Labute approximate surface area is 137 Å². The van der Waals surface area contributed by atoms with Crippen LogP contribution >= 0.6 is 11.3 Å². The molecule has 0 bridgehead atoms. The number of benzene rings is 2. The summed E-state index contributed by atoms with van der Waals surface area (Å²) in [5.74, 6) is -0.856. The van der Waals surface area contributed by atoms with Crippen LogP contribution in [0.1, 0.15) is 28.4 Å². The molecule has 3 aromatic rings. The van der Waals surface area contributed by atoms with E-state index in [-0.39, 0.29) is 5.56 Å². The van der Waals surface area contributed by atoms with Gasteiger partial charge in [-0.15, -0.1) is 0 Å². The molecule has 0 spiro atoms. The summed E-state index contributed by atoms with van der Waals surface area (Å²) in [6.07, 6.45) is 0. The third-order valence-electron chi connectivity index (χ3n) is 3.81. The molecular formula is C18H17FN2OS. The molecule has 0 aliphatic heterocycles. The molecule has 0 saturated heterocycles. The lowest BCUT2D eigenvalue weighted by Crippen LogP contribution is -2.16. The van der Waals surface area contributed by atoms with Gasteiger partial charge in [-0.05, 0) is 50.1 Å². The Balaban J connectivity index is 2.21. The predicted octanol–water partition coefficient (Wildman–Crippen LogP) is 4.22. The first-order chi connectivity index (χ1) is 11.0. The van der Waals surface area contributed by atoms with Crippen LogP contribution in [0.3, 0.4) is 0 Å². The van der Waals surface area contributed by atoms with E-state index < -0.39 is 11.7 Å². The molecule has 0 N–H and O–H groups in total. The number of aryl methyl sites for hydroxylation is 3. The van der Waals surface area contributed by atoms with Crippen LogP contribution in [0.4, 0.5) is 4.39 Å². The van der Waals surface area contributed by atoms with E-state index in [1.807, 2.05) is 11.5 Å². The molecule has 5 heteroatoms. The van der Waals surface area contributed by atoms with Gasteiger partial charge in [0, 0.05) is 12.1 Å². The highest BCUT2D eigenvalue weighted by atomic mass is 32.1. The van der Waals surface area contributed by atoms with E-state index in [0.29, 0.717) is 4.80 Å². The van der Waals surface area contributed by atoms with Gasteiger partial charge in [-0.1, -0.05) is 29.5 Å². The summed E-state index contributed by atoms with van der Waals surface area (Å²) >= 11 is 1.50. The van der Waals surface area contributed by atoms with Gasteiger partial charge in [0.2, 0.25) is 0 Å². The summed E-state index contributed by atoms with van der Waals surface area (Å²) in [4.78, 5) is 17.2. The lowest BCUT2D eigenvalue weighted by molar-refractivity contribution is 0.0997. The third kappa shape index (κ3) is 2.84. The molecule has 2 aromatic carbocycles. The van der Waals surface area contributed by atoms with Crippen molar-refractivity contribution in [1.29, 1.82) is 0 Å². The average Bonchev–Trinajstić information content (AvgIpc) is 2.90. The van der Waals surface area contributed by atoms with Crippen molar-refractivity contribution in [2.45, 2.75) is 27.3 Å². The van der Waals surface area contributed by atoms with E-state index in [1.54, 1.807) is 6.07 Å². The van der Waals surface area contributed by atoms with Gasteiger partial charge in [-0.2, -0.15) is 4.99 Å². The van der Waals surface area contributed by atoms with Crippen molar-refractivity contribution in [3.05, 3.63) is 63.7 Å². The monoisotopic (exact) mass is 328 g/mol. The zero-order chi connectivity index (χ0) is 16.6. The number of halogens is 1. The van der Waals surface area contributed by atoms with Crippen LogP contribution in [-0.2, 0) is 6.54 Å². The van der Waals surface area contributed by atoms with Gasteiger partial charge in [-0.3, -0.25) is 4.79 Å². The standard InChI is InChI=1S/C18H17FN2OS/c1-4-21-15-11(2)8-9-12(3)16(15)23-18(21)20-17(22)13-6-5-7-14(19)10-13/h5-10H,4H2,1-3H3. The largest absolute Gasteiger partial charge is 0.316 e. The summed E-state index contributed by atoms with van der Waals surface area (Å²) in [5, 5.41) is 0. The molecule has 3 nitrogen and oxygen atoms in total. The topological polar surface area (TPSA) is 34.4 Å². The van der Waals surface area contributed by atoms with Gasteiger partial charge >= 0.3 is 0 Å². The predicted molar refractivity (Wildman–Crippen MR) is 91.3 cm³/mol. The zero-order valence-corrected chi connectivity index (χ0v) is 14.1. The Morgan fingerprint density at radius 2 is 1.96 bits per heavy atom. The molecule has 23 heavy (non-hydrogen) atoms. The molecule has 0 radical (unpaired) electrons. The Kier molecular flexibility index (Phi) is 4.13. The van der Waals surface area contributed by atoms with E-state index in [0.717, 1.165) is 27.9 Å². The number of hydrogen-bond donors (Lipinski definition) is 0. The van der Waals surface area contributed by atoms with Crippen molar-refractivity contribution in [3.63, 3.8) is 0 Å². The normalized spacial score (nSPS) is 12.1. The molecule has 0 aliphatic carbocycles. The van der Waals surface area contributed by atoms with E-state index >= 15 is 0 Å². The molecule has 1 heterocycles. The van der Waals surface area contributed by atoms with Crippen LogP contribution in [-0.4, -0.2) is 10.5 Å².